The predicted molar refractivity (Wildman–Crippen MR) is 70.6 cm³/mol. The Hall–Kier alpha value is -2.10. The van der Waals surface area contributed by atoms with Crippen LogP contribution in [-0.4, -0.2) is 14.4 Å². The Morgan fingerprint density at radius 3 is 3.06 bits per heavy atom. The fourth-order valence-electron chi connectivity index (χ4n) is 2.78. The number of rotatable bonds is 0. The van der Waals surface area contributed by atoms with E-state index in [1.165, 1.54) is 0 Å². The SMILES string of the molecule is O=c1c2c(nc3[nH]c4c(n13)C=CCC4)=CCCC=2. The first-order valence-corrected chi connectivity index (χ1v) is 6.35. The van der Waals surface area contributed by atoms with Gasteiger partial charge in [0.15, 0.2) is 0 Å². The maximum Gasteiger partial charge on any atom is 0.267 e. The Morgan fingerprint density at radius 2 is 2.11 bits per heavy atom. The van der Waals surface area contributed by atoms with E-state index in [2.05, 4.69) is 16.0 Å². The van der Waals surface area contributed by atoms with E-state index < -0.39 is 0 Å². The Balaban J connectivity index is 2.26. The first kappa shape index (κ1) is 9.88. The van der Waals surface area contributed by atoms with Crippen molar-refractivity contribution >= 4 is 24.0 Å². The van der Waals surface area contributed by atoms with Crippen LogP contribution in [0.5, 0.6) is 0 Å². The lowest BCUT2D eigenvalue weighted by Crippen LogP contribution is -2.46. The highest BCUT2D eigenvalue weighted by molar-refractivity contribution is 5.56. The summed E-state index contributed by atoms with van der Waals surface area (Å²) < 4.78 is 1.71. The molecule has 4 rings (SSSR count). The van der Waals surface area contributed by atoms with Crippen molar-refractivity contribution in [2.45, 2.75) is 25.7 Å². The minimum absolute atomic E-state index is 0.0509. The van der Waals surface area contributed by atoms with E-state index in [-0.39, 0.29) is 5.56 Å². The summed E-state index contributed by atoms with van der Waals surface area (Å²) in [7, 11) is 0. The van der Waals surface area contributed by atoms with Crippen molar-refractivity contribution in [3.8, 4) is 0 Å². The molecule has 2 aliphatic rings. The van der Waals surface area contributed by atoms with Crippen LogP contribution >= 0.6 is 0 Å². The van der Waals surface area contributed by atoms with E-state index in [9.17, 15) is 4.79 Å². The number of hydrogen-bond acceptors (Lipinski definition) is 2. The van der Waals surface area contributed by atoms with Gasteiger partial charge >= 0.3 is 0 Å². The summed E-state index contributed by atoms with van der Waals surface area (Å²) in [5, 5.41) is 1.58. The van der Waals surface area contributed by atoms with Crippen molar-refractivity contribution < 1.29 is 0 Å². The second-order valence-corrected chi connectivity index (χ2v) is 4.79. The van der Waals surface area contributed by atoms with Gasteiger partial charge in [0.2, 0.25) is 5.78 Å². The van der Waals surface area contributed by atoms with Crippen LogP contribution < -0.4 is 16.1 Å². The van der Waals surface area contributed by atoms with Crippen LogP contribution in [0.15, 0.2) is 10.9 Å². The smallest absolute Gasteiger partial charge is 0.267 e. The van der Waals surface area contributed by atoms with Crippen LogP contribution in [-0.2, 0) is 6.42 Å². The van der Waals surface area contributed by atoms with Crippen LogP contribution in [0.1, 0.15) is 30.7 Å². The molecule has 0 aromatic carbocycles. The summed E-state index contributed by atoms with van der Waals surface area (Å²) in [5.74, 6) is 0.668. The van der Waals surface area contributed by atoms with Gasteiger partial charge in [-0.2, -0.15) is 0 Å². The molecule has 2 aliphatic carbocycles. The van der Waals surface area contributed by atoms with Gasteiger partial charge in [-0.1, -0.05) is 18.2 Å². The third-order valence-corrected chi connectivity index (χ3v) is 3.65. The molecule has 0 radical (unpaired) electrons. The third-order valence-electron chi connectivity index (χ3n) is 3.65. The predicted octanol–water partition coefficient (Wildman–Crippen LogP) is 0.337. The fourth-order valence-corrected chi connectivity index (χ4v) is 2.78. The highest BCUT2D eigenvalue weighted by Gasteiger charge is 2.15. The molecule has 4 heteroatoms. The minimum Gasteiger partial charge on any atom is -0.327 e. The first-order chi connectivity index (χ1) is 8.84. The Labute approximate surface area is 103 Å². The van der Waals surface area contributed by atoms with Crippen LogP contribution in [0.25, 0.3) is 24.0 Å². The zero-order valence-corrected chi connectivity index (χ0v) is 9.94. The van der Waals surface area contributed by atoms with E-state index in [0.717, 1.165) is 47.6 Å². The second kappa shape index (κ2) is 3.45. The van der Waals surface area contributed by atoms with Crippen molar-refractivity contribution in [3.63, 3.8) is 0 Å². The van der Waals surface area contributed by atoms with E-state index in [0.29, 0.717) is 5.78 Å². The third kappa shape index (κ3) is 1.20. The molecule has 0 amide bonds. The average molecular weight is 239 g/mol. The summed E-state index contributed by atoms with van der Waals surface area (Å²) in [6, 6.07) is 0. The van der Waals surface area contributed by atoms with Gasteiger partial charge in [0.25, 0.3) is 5.56 Å². The molecule has 4 nitrogen and oxygen atoms in total. The Kier molecular flexibility index (Phi) is 1.89. The van der Waals surface area contributed by atoms with Gasteiger partial charge < -0.3 is 4.98 Å². The van der Waals surface area contributed by atoms with Gasteiger partial charge in [-0.05, 0) is 31.8 Å². The molecule has 0 fully saturated rings. The Bertz CT molecular complexity index is 852. The van der Waals surface area contributed by atoms with Gasteiger partial charge in [-0.3, -0.25) is 4.79 Å². The molecule has 2 aromatic heterocycles. The molecular formula is C14H13N3O. The second-order valence-electron chi connectivity index (χ2n) is 4.79. The highest BCUT2D eigenvalue weighted by Crippen LogP contribution is 2.17. The van der Waals surface area contributed by atoms with Crippen LogP contribution in [0.3, 0.4) is 0 Å². The van der Waals surface area contributed by atoms with E-state index in [4.69, 9.17) is 0 Å². The molecule has 2 aromatic rings. The van der Waals surface area contributed by atoms with Crippen molar-refractivity contribution in [2.75, 3.05) is 0 Å². The van der Waals surface area contributed by atoms with Gasteiger partial charge in [0.1, 0.15) is 0 Å². The number of aromatic amines is 1. The van der Waals surface area contributed by atoms with Crippen LogP contribution in [0.4, 0.5) is 0 Å². The molecule has 1 N–H and O–H groups in total. The number of nitrogens with zero attached hydrogens (tertiary/aromatic N) is 2. The largest absolute Gasteiger partial charge is 0.327 e. The van der Waals surface area contributed by atoms with Gasteiger partial charge in [0, 0.05) is 5.69 Å². The topological polar surface area (TPSA) is 50.2 Å². The maximum absolute atomic E-state index is 12.5. The van der Waals surface area contributed by atoms with Crippen molar-refractivity contribution in [1.82, 2.24) is 14.4 Å². The summed E-state index contributed by atoms with van der Waals surface area (Å²) in [4.78, 5) is 20.4. The number of allylic oxidation sites excluding steroid dienone is 1. The monoisotopic (exact) mass is 239 g/mol. The van der Waals surface area contributed by atoms with Crippen molar-refractivity contribution in [2.24, 2.45) is 0 Å². The standard InChI is InChI=1S/C14H13N3O/c18-13-9-5-1-2-6-10(9)15-14-16-11-7-3-4-8-12(11)17(13)14/h4-6,8H,1-3,7H2,(H,15,16). The lowest BCUT2D eigenvalue weighted by molar-refractivity contribution is 0.935. The fraction of sp³-hybridized carbons (Fsp3) is 0.286. The normalized spacial score (nSPS) is 16.9. The number of H-pyrrole nitrogens is 1. The van der Waals surface area contributed by atoms with Crippen molar-refractivity contribution in [1.29, 1.82) is 0 Å². The molecule has 90 valence electrons. The number of hydrogen-bond donors (Lipinski definition) is 1. The van der Waals surface area contributed by atoms with Gasteiger partial charge in [-0.25, -0.2) is 9.38 Å². The first-order valence-electron chi connectivity index (χ1n) is 6.35. The zero-order chi connectivity index (χ0) is 12.1. The number of nitrogens with one attached hydrogen (secondary N) is 1. The highest BCUT2D eigenvalue weighted by atomic mass is 16.1. The minimum atomic E-state index is 0.0509. The summed E-state index contributed by atoms with van der Waals surface area (Å²) in [6.45, 7) is 0. The van der Waals surface area contributed by atoms with E-state index >= 15 is 0 Å². The van der Waals surface area contributed by atoms with Crippen molar-refractivity contribution in [3.05, 3.63) is 38.4 Å². The number of aryl methyl sites for hydroxylation is 1. The molecule has 0 unspecified atom stereocenters. The number of aromatic nitrogens is 3. The number of imidazole rings is 1. The molecule has 0 bridgehead atoms. The maximum atomic E-state index is 12.5. The summed E-state index contributed by atoms with van der Waals surface area (Å²) in [5.41, 5.74) is 2.13. The zero-order valence-electron chi connectivity index (χ0n) is 9.94. The van der Waals surface area contributed by atoms with E-state index in [1.54, 1.807) is 4.40 Å². The van der Waals surface area contributed by atoms with Crippen LogP contribution in [0.2, 0.25) is 0 Å². The molecular weight excluding hydrogens is 226 g/mol. The lowest BCUT2D eigenvalue weighted by atomic mass is 10.1. The Morgan fingerprint density at radius 1 is 1.22 bits per heavy atom. The van der Waals surface area contributed by atoms with Gasteiger partial charge in [-0.15, -0.1) is 0 Å². The van der Waals surface area contributed by atoms with Gasteiger partial charge in [0.05, 0.1) is 16.3 Å². The summed E-state index contributed by atoms with van der Waals surface area (Å²) in [6.07, 6.45) is 12.0. The lowest BCUT2D eigenvalue weighted by Gasteiger charge is -2.04. The molecule has 0 atom stereocenters. The molecule has 0 saturated carbocycles. The number of fused-ring (bicyclic) bond motifs is 4. The average Bonchev–Trinajstić information content (AvgIpc) is 2.77. The molecule has 0 spiro atoms. The van der Waals surface area contributed by atoms with Crippen LogP contribution in [0, 0.1) is 0 Å². The molecule has 2 heterocycles. The molecule has 0 aliphatic heterocycles. The quantitative estimate of drug-likeness (QED) is 0.720. The molecule has 0 saturated heterocycles. The van der Waals surface area contributed by atoms with E-state index in [1.807, 2.05) is 18.2 Å². The molecule has 18 heavy (non-hydrogen) atoms. The summed E-state index contributed by atoms with van der Waals surface area (Å²) >= 11 is 0.